The fourth-order valence-electron chi connectivity index (χ4n) is 2.58. The predicted octanol–water partition coefficient (Wildman–Crippen LogP) is 3.72. The van der Waals surface area contributed by atoms with E-state index < -0.39 is 0 Å². The largest absolute Gasteiger partial charge is 0.437 e. The Morgan fingerprint density at radius 2 is 1.92 bits per heavy atom. The molecule has 0 fully saturated rings. The first kappa shape index (κ1) is 15.8. The number of rotatable bonds is 5. The van der Waals surface area contributed by atoms with Crippen LogP contribution in [0.5, 0.6) is 0 Å². The number of hydrogen-bond donors (Lipinski definition) is 1. The molecule has 0 spiro atoms. The molecule has 0 atom stereocenters. The van der Waals surface area contributed by atoms with Gasteiger partial charge in [-0.05, 0) is 17.7 Å². The summed E-state index contributed by atoms with van der Waals surface area (Å²) in [4.78, 5) is 16.4. The summed E-state index contributed by atoms with van der Waals surface area (Å²) in [6.45, 7) is 0.648. The van der Waals surface area contributed by atoms with Crippen LogP contribution in [0.1, 0.15) is 11.5 Å². The molecule has 128 valence electrons. The van der Waals surface area contributed by atoms with Gasteiger partial charge in [-0.1, -0.05) is 42.5 Å². The van der Waals surface area contributed by atoms with Gasteiger partial charge in [0.05, 0.1) is 18.4 Å². The molecule has 0 radical (unpaired) electrons. The third kappa shape index (κ3) is 3.70. The van der Waals surface area contributed by atoms with Gasteiger partial charge in [-0.25, -0.2) is 4.98 Å². The van der Waals surface area contributed by atoms with Crippen molar-refractivity contribution in [1.29, 1.82) is 0 Å². The van der Waals surface area contributed by atoms with Crippen molar-refractivity contribution >= 4 is 28.8 Å². The Bertz CT molecular complexity index is 1030. The Morgan fingerprint density at radius 3 is 2.77 bits per heavy atom. The molecule has 0 aliphatic rings. The van der Waals surface area contributed by atoms with Crippen molar-refractivity contribution in [2.45, 2.75) is 6.54 Å². The second-order valence-electron chi connectivity index (χ2n) is 5.75. The molecule has 6 heteroatoms. The fraction of sp³-hybridized carbons (Fsp3) is 0.0500. The Kier molecular flexibility index (Phi) is 4.30. The molecule has 0 bridgehead atoms. The van der Waals surface area contributed by atoms with Crippen LogP contribution in [0.2, 0.25) is 0 Å². The normalized spacial score (nSPS) is 11.2. The summed E-state index contributed by atoms with van der Waals surface area (Å²) >= 11 is 0. The molecule has 26 heavy (non-hydrogen) atoms. The first-order valence-electron chi connectivity index (χ1n) is 8.17. The highest BCUT2D eigenvalue weighted by molar-refractivity contribution is 6.01. The average molecular weight is 344 g/mol. The van der Waals surface area contributed by atoms with Crippen molar-refractivity contribution in [1.82, 2.24) is 14.8 Å². The van der Waals surface area contributed by atoms with Crippen LogP contribution in [-0.2, 0) is 11.3 Å². The minimum absolute atomic E-state index is 0.272. The molecule has 4 rings (SSSR count). The number of amides is 1. The lowest BCUT2D eigenvalue weighted by Crippen LogP contribution is -2.07. The Morgan fingerprint density at radius 1 is 1.12 bits per heavy atom. The number of hydrogen-bond acceptors (Lipinski definition) is 4. The number of benzene rings is 2. The van der Waals surface area contributed by atoms with E-state index in [0.717, 1.165) is 11.1 Å². The number of nitrogens with zero attached hydrogens (tertiary/aromatic N) is 3. The molecule has 4 aromatic rings. The smallest absolute Gasteiger partial charge is 0.248 e. The van der Waals surface area contributed by atoms with Crippen LogP contribution in [-0.4, -0.2) is 20.7 Å². The third-order valence-electron chi connectivity index (χ3n) is 3.78. The van der Waals surface area contributed by atoms with E-state index in [1.165, 1.54) is 6.08 Å². The first-order valence-corrected chi connectivity index (χ1v) is 8.17. The monoisotopic (exact) mass is 344 g/mol. The summed E-state index contributed by atoms with van der Waals surface area (Å²) < 4.78 is 7.32. The highest BCUT2D eigenvalue weighted by Gasteiger charge is 2.04. The highest BCUT2D eigenvalue weighted by Crippen LogP contribution is 2.15. The lowest BCUT2D eigenvalue weighted by Gasteiger charge is -2.00. The fourth-order valence-corrected chi connectivity index (χ4v) is 2.58. The van der Waals surface area contributed by atoms with Crippen LogP contribution >= 0.6 is 0 Å². The number of nitrogens with one attached hydrogen (secondary N) is 1. The van der Waals surface area contributed by atoms with E-state index in [9.17, 15) is 4.79 Å². The molecule has 0 saturated carbocycles. The van der Waals surface area contributed by atoms with Gasteiger partial charge in [0.2, 0.25) is 11.8 Å². The molecule has 0 aliphatic heterocycles. The van der Waals surface area contributed by atoms with E-state index in [4.69, 9.17) is 4.42 Å². The van der Waals surface area contributed by atoms with Gasteiger partial charge in [0.1, 0.15) is 5.52 Å². The van der Waals surface area contributed by atoms with Crippen molar-refractivity contribution in [3.8, 4) is 0 Å². The van der Waals surface area contributed by atoms with E-state index in [2.05, 4.69) is 15.4 Å². The summed E-state index contributed by atoms with van der Waals surface area (Å²) in [6.07, 6.45) is 6.34. The van der Waals surface area contributed by atoms with Crippen LogP contribution in [0.25, 0.3) is 17.2 Å². The number of aromatic nitrogens is 3. The molecule has 0 saturated heterocycles. The van der Waals surface area contributed by atoms with Gasteiger partial charge in [-0.15, -0.1) is 0 Å². The Hall–Kier alpha value is -3.67. The molecule has 1 amide bonds. The predicted molar refractivity (Wildman–Crippen MR) is 99.4 cm³/mol. The zero-order valence-electron chi connectivity index (χ0n) is 13.9. The standard InChI is InChI=1S/C20H16N4O2/c25-19(10-11-20-23-17-8-4-5-9-18(17)26-20)22-16-12-21-24(14-16)13-15-6-2-1-3-7-15/h1-12,14H,13H2,(H,22,25)/b11-10-. The van der Waals surface area contributed by atoms with Gasteiger partial charge in [0, 0.05) is 18.3 Å². The van der Waals surface area contributed by atoms with Crippen molar-refractivity contribution in [3.05, 3.63) is 84.5 Å². The number of fused-ring (bicyclic) bond motifs is 1. The van der Waals surface area contributed by atoms with E-state index in [-0.39, 0.29) is 5.91 Å². The van der Waals surface area contributed by atoms with Gasteiger partial charge in [-0.2, -0.15) is 5.10 Å². The van der Waals surface area contributed by atoms with Gasteiger partial charge < -0.3 is 9.73 Å². The molecule has 0 unspecified atom stereocenters. The molecule has 2 aromatic heterocycles. The number of anilines is 1. The van der Waals surface area contributed by atoms with Gasteiger partial charge >= 0.3 is 0 Å². The van der Waals surface area contributed by atoms with Gasteiger partial charge in [-0.3, -0.25) is 9.48 Å². The van der Waals surface area contributed by atoms with Crippen LogP contribution in [0.3, 0.4) is 0 Å². The number of carbonyl (C=O) groups excluding carboxylic acids is 1. The van der Waals surface area contributed by atoms with E-state index in [1.54, 1.807) is 23.2 Å². The Labute approximate surface area is 149 Å². The number of carbonyl (C=O) groups is 1. The zero-order chi connectivity index (χ0) is 17.8. The maximum Gasteiger partial charge on any atom is 0.248 e. The van der Waals surface area contributed by atoms with E-state index >= 15 is 0 Å². The second-order valence-corrected chi connectivity index (χ2v) is 5.75. The van der Waals surface area contributed by atoms with Crippen LogP contribution in [0.15, 0.2) is 77.5 Å². The maximum absolute atomic E-state index is 12.1. The molecular formula is C20H16N4O2. The summed E-state index contributed by atoms with van der Waals surface area (Å²) in [5.41, 5.74) is 3.22. The molecule has 2 aromatic carbocycles. The van der Waals surface area contributed by atoms with Crippen molar-refractivity contribution in [2.75, 3.05) is 5.32 Å². The third-order valence-corrected chi connectivity index (χ3v) is 3.78. The molecule has 0 aliphatic carbocycles. The lowest BCUT2D eigenvalue weighted by molar-refractivity contribution is -0.111. The SMILES string of the molecule is O=C(/C=C\c1nc2ccccc2o1)Nc1cnn(Cc2ccccc2)c1. The summed E-state index contributed by atoms with van der Waals surface area (Å²) in [6, 6.07) is 17.5. The number of oxazole rings is 1. The minimum Gasteiger partial charge on any atom is -0.437 e. The number of para-hydroxylation sites is 2. The van der Waals surface area contributed by atoms with Crippen molar-refractivity contribution in [3.63, 3.8) is 0 Å². The molecule has 6 nitrogen and oxygen atoms in total. The summed E-state index contributed by atoms with van der Waals surface area (Å²) in [5, 5.41) is 7.03. The summed E-state index contributed by atoms with van der Waals surface area (Å²) in [5.74, 6) is 0.118. The zero-order valence-corrected chi connectivity index (χ0v) is 13.9. The molecular weight excluding hydrogens is 328 g/mol. The molecule has 1 N–H and O–H groups in total. The Balaban J connectivity index is 1.38. The summed E-state index contributed by atoms with van der Waals surface area (Å²) in [7, 11) is 0. The highest BCUT2D eigenvalue weighted by atomic mass is 16.3. The topological polar surface area (TPSA) is 73.0 Å². The van der Waals surface area contributed by atoms with Gasteiger partial charge in [0.25, 0.3) is 0 Å². The lowest BCUT2D eigenvalue weighted by atomic mass is 10.2. The average Bonchev–Trinajstić information content (AvgIpc) is 3.27. The minimum atomic E-state index is -0.272. The van der Waals surface area contributed by atoms with Crippen LogP contribution in [0.4, 0.5) is 5.69 Å². The van der Waals surface area contributed by atoms with E-state index in [0.29, 0.717) is 23.7 Å². The molecule has 2 heterocycles. The second kappa shape index (κ2) is 7.06. The van der Waals surface area contributed by atoms with Crippen molar-refractivity contribution < 1.29 is 9.21 Å². The van der Waals surface area contributed by atoms with Gasteiger partial charge in [0.15, 0.2) is 5.58 Å². The van der Waals surface area contributed by atoms with Crippen LogP contribution in [0, 0.1) is 0 Å². The van der Waals surface area contributed by atoms with Crippen LogP contribution < -0.4 is 5.32 Å². The quantitative estimate of drug-likeness (QED) is 0.560. The van der Waals surface area contributed by atoms with Crippen molar-refractivity contribution in [2.24, 2.45) is 0 Å². The van der Waals surface area contributed by atoms with E-state index in [1.807, 2.05) is 54.6 Å². The maximum atomic E-state index is 12.1. The first-order chi connectivity index (χ1) is 12.8.